The number of carbonyl (C=O) groups is 1. The minimum absolute atomic E-state index is 0.0841. The Labute approximate surface area is 128 Å². The van der Waals surface area contributed by atoms with Crippen molar-refractivity contribution < 1.29 is 4.79 Å². The number of benzene rings is 1. The largest absolute Gasteiger partial charge is 0.323 e. The Morgan fingerprint density at radius 2 is 1.81 bits per heavy atom. The summed E-state index contributed by atoms with van der Waals surface area (Å²) in [5.41, 5.74) is 1.22. The molecule has 0 bridgehead atoms. The summed E-state index contributed by atoms with van der Waals surface area (Å²) in [7, 11) is 0. The first kappa shape index (κ1) is 16.0. The van der Waals surface area contributed by atoms with Gasteiger partial charge in [0.2, 0.25) is 5.91 Å². The molecule has 1 aliphatic heterocycles. The molecule has 116 valence electrons. The van der Waals surface area contributed by atoms with Crippen molar-refractivity contribution in [2.24, 2.45) is 5.92 Å². The molecular weight excluding hydrogens is 260 g/mol. The molecule has 1 heterocycles. The van der Waals surface area contributed by atoms with E-state index in [1.165, 1.54) is 5.56 Å². The highest BCUT2D eigenvalue weighted by molar-refractivity contribution is 5.85. The van der Waals surface area contributed by atoms with Crippen molar-refractivity contribution in [3.63, 3.8) is 0 Å². The van der Waals surface area contributed by atoms with E-state index in [0.29, 0.717) is 12.0 Å². The van der Waals surface area contributed by atoms with Crippen molar-refractivity contribution in [3.05, 3.63) is 35.9 Å². The van der Waals surface area contributed by atoms with Gasteiger partial charge in [-0.1, -0.05) is 57.0 Å². The van der Waals surface area contributed by atoms with Crippen molar-refractivity contribution in [3.8, 4) is 0 Å². The smallest absolute Gasteiger partial charge is 0.241 e. The maximum absolute atomic E-state index is 12.8. The second kappa shape index (κ2) is 7.08. The van der Waals surface area contributed by atoms with Crippen LogP contribution in [-0.4, -0.2) is 29.1 Å². The van der Waals surface area contributed by atoms with E-state index in [0.717, 1.165) is 19.3 Å². The Morgan fingerprint density at radius 3 is 2.38 bits per heavy atom. The minimum Gasteiger partial charge on any atom is -0.323 e. The zero-order valence-electron chi connectivity index (χ0n) is 13.7. The highest BCUT2D eigenvalue weighted by Gasteiger charge is 2.40. The van der Waals surface area contributed by atoms with Gasteiger partial charge in [0, 0.05) is 6.04 Å². The van der Waals surface area contributed by atoms with E-state index >= 15 is 0 Å². The van der Waals surface area contributed by atoms with E-state index < -0.39 is 0 Å². The molecule has 2 rings (SSSR count). The number of amides is 1. The van der Waals surface area contributed by atoms with Gasteiger partial charge < -0.3 is 4.90 Å². The Balaban J connectivity index is 2.07. The molecule has 1 aromatic carbocycles. The molecule has 0 aliphatic carbocycles. The second-order valence-corrected chi connectivity index (χ2v) is 6.15. The molecule has 1 fully saturated rings. The summed E-state index contributed by atoms with van der Waals surface area (Å²) in [6, 6.07) is 10.5. The first-order valence-electron chi connectivity index (χ1n) is 8.20. The Hall–Kier alpha value is -1.35. The topological polar surface area (TPSA) is 32.3 Å². The summed E-state index contributed by atoms with van der Waals surface area (Å²) in [5.74, 6) is 0.833. The van der Waals surface area contributed by atoms with E-state index in [-0.39, 0.29) is 18.1 Å². The standard InChI is InChI=1S/C18H28N2O/c1-5-16(6-2)13(3)20-14(4)19-17(18(20)21)12-15-10-8-7-9-11-15/h7-11,13-14,16-17,19H,5-6,12H2,1-4H3. The number of hydrogen-bond donors (Lipinski definition) is 1. The maximum atomic E-state index is 12.8. The first-order valence-corrected chi connectivity index (χ1v) is 8.20. The molecule has 0 spiro atoms. The average molecular weight is 288 g/mol. The van der Waals surface area contributed by atoms with E-state index in [4.69, 9.17) is 0 Å². The molecule has 0 radical (unpaired) electrons. The molecule has 0 saturated carbocycles. The average Bonchev–Trinajstić information content (AvgIpc) is 2.75. The number of carbonyl (C=O) groups excluding carboxylic acids is 1. The third kappa shape index (κ3) is 3.46. The summed E-state index contributed by atoms with van der Waals surface area (Å²) >= 11 is 0. The lowest BCUT2D eigenvalue weighted by atomic mass is 9.94. The lowest BCUT2D eigenvalue weighted by Gasteiger charge is -2.33. The zero-order chi connectivity index (χ0) is 15.4. The third-order valence-electron chi connectivity index (χ3n) is 4.86. The van der Waals surface area contributed by atoms with Crippen LogP contribution in [0.2, 0.25) is 0 Å². The van der Waals surface area contributed by atoms with Gasteiger partial charge >= 0.3 is 0 Å². The van der Waals surface area contributed by atoms with Crippen LogP contribution in [0.1, 0.15) is 46.1 Å². The fourth-order valence-corrected chi connectivity index (χ4v) is 3.56. The lowest BCUT2D eigenvalue weighted by Crippen LogP contribution is -2.45. The normalized spacial score (nSPS) is 23.9. The van der Waals surface area contributed by atoms with Crippen LogP contribution in [0.4, 0.5) is 0 Å². The number of hydrogen-bond acceptors (Lipinski definition) is 2. The van der Waals surface area contributed by atoms with Crippen LogP contribution in [0.5, 0.6) is 0 Å². The zero-order valence-corrected chi connectivity index (χ0v) is 13.7. The van der Waals surface area contributed by atoms with Crippen molar-refractivity contribution in [2.45, 2.75) is 65.2 Å². The van der Waals surface area contributed by atoms with E-state index in [1.807, 2.05) is 18.2 Å². The molecule has 3 unspecified atom stereocenters. The molecular formula is C18H28N2O. The SMILES string of the molecule is CCC(CC)C(C)N1C(=O)C(Cc2ccccc2)NC1C. The van der Waals surface area contributed by atoms with Gasteiger partial charge in [0.1, 0.15) is 0 Å². The van der Waals surface area contributed by atoms with Gasteiger partial charge in [0.15, 0.2) is 0 Å². The number of nitrogens with zero attached hydrogens (tertiary/aromatic N) is 1. The predicted octanol–water partition coefficient (Wildman–Crippen LogP) is 3.20. The van der Waals surface area contributed by atoms with Gasteiger partial charge in [0.25, 0.3) is 0 Å². The number of nitrogens with one attached hydrogen (secondary N) is 1. The monoisotopic (exact) mass is 288 g/mol. The molecule has 1 aliphatic rings. The van der Waals surface area contributed by atoms with Crippen molar-refractivity contribution in [2.75, 3.05) is 0 Å². The number of rotatable bonds is 6. The quantitative estimate of drug-likeness (QED) is 0.872. The van der Waals surface area contributed by atoms with Gasteiger partial charge in [-0.25, -0.2) is 0 Å². The highest BCUT2D eigenvalue weighted by atomic mass is 16.2. The first-order chi connectivity index (χ1) is 10.1. The van der Waals surface area contributed by atoms with Crippen LogP contribution < -0.4 is 5.32 Å². The fourth-order valence-electron chi connectivity index (χ4n) is 3.56. The van der Waals surface area contributed by atoms with Crippen LogP contribution in [0.15, 0.2) is 30.3 Å². The van der Waals surface area contributed by atoms with Gasteiger partial charge in [-0.15, -0.1) is 0 Å². The van der Waals surface area contributed by atoms with Crippen LogP contribution in [0.25, 0.3) is 0 Å². The lowest BCUT2D eigenvalue weighted by molar-refractivity contribution is -0.132. The predicted molar refractivity (Wildman–Crippen MR) is 86.9 cm³/mol. The van der Waals surface area contributed by atoms with Crippen molar-refractivity contribution in [1.82, 2.24) is 10.2 Å². The van der Waals surface area contributed by atoms with Crippen LogP contribution in [0, 0.1) is 5.92 Å². The highest BCUT2D eigenvalue weighted by Crippen LogP contribution is 2.25. The van der Waals surface area contributed by atoms with Crippen molar-refractivity contribution >= 4 is 5.91 Å². The van der Waals surface area contributed by atoms with Gasteiger partial charge in [-0.3, -0.25) is 10.1 Å². The van der Waals surface area contributed by atoms with Crippen molar-refractivity contribution in [1.29, 1.82) is 0 Å². The Bertz CT molecular complexity index is 456. The van der Waals surface area contributed by atoms with E-state index in [1.54, 1.807) is 0 Å². The van der Waals surface area contributed by atoms with Gasteiger partial charge in [-0.2, -0.15) is 0 Å². The van der Waals surface area contributed by atoms with Crippen LogP contribution >= 0.6 is 0 Å². The molecule has 3 atom stereocenters. The molecule has 3 nitrogen and oxygen atoms in total. The second-order valence-electron chi connectivity index (χ2n) is 6.15. The maximum Gasteiger partial charge on any atom is 0.241 e. The molecule has 1 aromatic rings. The molecule has 0 aromatic heterocycles. The molecule has 1 saturated heterocycles. The fraction of sp³-hybridized carbons (Fsp3) is 0.611. The van der Waals surface area contributed by atoms with Gasteiger partial charge in [-0.05, 0) is 31.7 Å². The van der Waals surface area contributed by atoms with E-state index in [9.17, 15) is 4.79 Å². The Kier molecular flexibility index (Phi) is 5.40. The van der Waals surface area contributed by atoms with E-state index in [2.05, 4.69) is 50.0 Å². The Morgan fingerprint density at radius 1 is 1.19 bits per heavy atom. The summed E-state index contributed by atoms with van der Waals surface area (Å²) in [6.45, 7) is 8.72. The molecule has 3 heteroatoms. The minimum atomic E-state index is -0.0841. The van der Waals surface area contributed by atoms with Gasteiger partial charge in [0.05, 0.1) is 12.2 Å². The van der Waals surface area contributed by atoms with Crippen LogP contribution in [-0.2, 0) is 11.2 Å². The molecule has 1 N–H and O–H groups in total. The third-order valence-corrected chi connectivity index (χ3v) is 4.86. The summed E-state index contributed by atoms with van der Waals surface area (Å²) in [4.78, 5) is 14.8. The summed E-state index contributed by atoms with van der Waals surface area (Å²) in [5, 5.41) is 3.46. The summed E-state index contributed by atoms with van der Waals surface area (Å²) in [6.07, 6.45) is 3.15. The molecule has 21 heavy (non-hydrogen) atoms. The van der Waals surface area contributed by atoms with Crippen LogP contribution in [0.3, 0.4) is 0 Å². The summed E-state index contributed by atoms with van der Waals surface area (Å²) < 4.78 is 0. The molecule has 1 amide bonds.